The first-order chi connectivity index (χ1) is 18.5. The third-order valence-electron chi connectivity index (χ3n) is 7.62. The van der Waals surface area contributed by atoms with E-state index in [2.05, 4.69) is 61.9 Å². The summed E-state index contributed by atoms with van der Waals surface area (Å²) in [5.41, 5.74) is 5.67. The van der Waals surface area contributed by atoms with Crippen molar-refractivity contribution in [3.05, 3.63) is 78.1 Å². The van der Waals surface area contributed by atoms with Crippen molar-refractivity contribution in [2.75, 3.05) is 34.2 Å². The fourth-order valence-corrected chi connectivity index (χ4v) is 5.17. The number of aliphatic imine (C=N–C) groups is 1. The van der Waals surface area contributed by atoms with Gasteiger partial charge in [-0.1, -0.05) is 57.7 Å². The lowest BCUT2D eigenvalue weighted by Crippen LogP contribution is -2.56. The van der Waals surface area contributed by atoms with Gasteiger partial charge in [0.25, 0.3) is 0 Å². The Hall–Kier alpha value is -3.35. The average molecular weight is 528 g/mol. The highest BCUT2D eigenvalue weighted by molar-refractivity contribution is 6.14. The standard InChI is InChI=1S/C33H45N5O/c1-8-11-27(21-35-5)28-14-15-30(26-13-10-12-25(20-26)24(9-2)22-38(6)7)37-31(28)29(34)16-17-33(39)18-19-36-23-32(33,3)4/h9-15,20-22,34,36,39H,2,8,16-19,23H2,1,3-7H3/b24-22+,27-11+,34-29?,35-21-. The molecule has 39 heavy (non-hydrogen) atoms. The zero-order chi connectivity index (χ0) is 28.6. The molecule has 6 nitrogen and oxygen atoms in total. The van der Waals surface area contributed by atoms with E-state index in [4.69, 9.17) is 10.4 Å². The summed E-state index contributed by atoms with van der Waals surface area (Å²) in [6, 6.07) is 12.3. The number of allylic oxidation sites excluding steroid dienone is 4. The fourth-order valence-electron chi connectivity index (χ4n) is 5.17. The SMILES string of the molecule is C=C/C(=C\N(C)C)c1cccc(-c2ccc(C(/C=N\C)=C/CC)c(C(=N)CCC3(O)CCNCC3(C)C)n2)c1. The number of aliphatic hydroxyl groups is 1. The first kappa shape index (κ1) is 30.2. The van der Waals surface area contributed by atoms with Crippen molar-refractivity contribution in [1.82, 2.24) is 15.2 Å². The fraction of sp³-hybridized carbons (Fsp3) is 0.424. The molecule has 208 valence electrons. The molecule has 1 unspecified atom stereocenters. The van der Waals surface area contributed by atoms with Crippen LogP contribution in [-0.2, 0) is 0 Å². The Labute approximate surface area is 234 Å². The average Bonchev–Trinajstić information content (AvgIpc) is 2.91. The van der Waals surface area contributed by atoms with Crippen LogP contribution in [0.4, 0.5) is 0 Å². The summed E-state index contributed by atoms with van der Waals surface area (Å²) in [7, 11) is 5.75. The largest absolute Gasteiger partial charge is 0.389 e. The van der Waals surface area contributed by atoms with Crippen molar-refractivity contribution in [2.45, 2.75) is 52.1 Å². The minimum Gasteiger partial charge on any atom is -0.389 e. The summed E-state index contributed by atoms with van der Waals surface area (Å²) in [6.45, 7) is 11.8. The van der Waals surface area contributed by atoms with Crippen molar-refractivity contribution in [3.63, 3.8) is 0 Å². The molecule has 3 N–H and O–H groups in total. The Balaban J connectivity index is 2.05. The molecule has 1 aromatic carbocycles. The molecule has 1 fully saturated rings. The van der Waals surface area contributed by atoms with E-state index in [-0.39, 0.29) is 5.41 Å². The lowest BCUT2D eigenvalue weighted by Gasteiger charge is -2.47. The summed E-state index contributed by atoms with van der Waals surface area (Å²) in [5, 5.41) is 24.1. The van der Waals surface area contributed by atoms with Gasteiger partial charge in [-0.3, -0.25) is 4.99 Å². The number of benzene rings is 1. The molecule has 1 atom stereocenters. The van der Waals surface area contributed by atoms with Crippen molar-refractivity contribution in [3.8, 4) is 11.3 Å². The molecule has 6 heteroatoms. The van der Waals surface area contributed by atoms with Crippen LogP contribution in [0, 0.1) is 10.8 Å². The Bertz CT molecular complexity index is 1270. The van der Waals surface area contributed by atoms with E-state index in [1.54, 1.807) is 7.05 Å². The number of rotatable bonds is 11. The van der Waals surface area contributed by atoms with Gasteiger partial charge in [0.15, 0.2) is 0 Å². The maximum atomic E-state index is 11.5. The molecule has 0 saturated carbocycles. The van der Waals surface area contributed by atoms with Crippen LogP contribution in [0.2, 0.25) is 0 Å². The maximum Gasteiger partial charge on any atom is 0.0923 e. The quantitative estimate of drug-likeness (QED) is 0.239. The van der Waals surface area contributed by atoms with Crippen LogP contribution in [0.1, 0.15) is 63.3 Å². The Morgan fingerprint density at radius 1 is 1.23 bits per heavy atom. The molecular formula is C33H45N5O. The molecule has 1 aliphatic heterocycles. The molecular weight excluding hydrogens is 482 g/mol. The van der Waals surface area contributed by atoms with Crippen molar-refractivity contribution >= 4 is 23.1 Å². The van der Waals surface area contributed by atoms with Gasteiger partial charge in [0.2, 0.25) is 0 Å². The van der Waals surface area contributed by atoms with E-state index < -0.39 is 5.60 Å². The van der Waals surface area contributed by atoms with Crippen LogP contribution in [0.25, 0.3) is 22.4 Å². The van der Waals surface area contributed by atoms with Gasteiger partial charge in [-0.05, 0) is 67.1 Å². The third kappa shape index (κ3) is 7.20. The number of aromatic nitrogens is 1. The second-order valence-electron chi connectivity index (χ2n) is 11.2. The number of nitrogens with one attached hydrogen (secondary N) is 2. The smallest absolute Gasteiger partial charge is 0.0923 e. The van der Waals surface area contributed by atoms with Crippen molar-refractivity contribution in [1.29, 1.82) is 5.41 Å². The minimum atomic E-state index is -0.830. The Morgan fingerprint density at radius 2 is 2.00 bits per heavy atom. The van der Waals surface area contributed by atoms with Gasteiger partial charge in [0, 0.05) is 56.6 Å². The summed E-state index contributed by atoms with van der Waals surface area (Å²) in [5.74, 6) is 0. The van der Waals surface area contributed by atoms with Gasteiger partial charge >= 0.3 is 0 Å². The molecule has 1 saturated heterocycles. The second kappa shape index (κ2) is 13.1. The number of pyridine rings is 1. The summed E-state index contributed by atoms with van der Waals surface area (Å²) < 4.78 is 0. The van der Waals surface area contributed by atoms with Gasteiger partial charge in [-0.2, -0.15) is 0 Å². The maximum absolute atomic E-state index is 11.5. The van der Waals surface area contributed by atoms with E-state index in [0.717, 1.165) is 53.0 Å². The lowest BCUT2D eigenvalue weighted by atomic mass is 9.68. The number of hydrogen-bond acceptors (Lipinski definition) is 6. The van der Waals surface area contributed by atoms with Gasteiger partial charge in [0.05, 0.1) is 22.7 Å². The van der Waals surface area contributed by atoms with Crippen LogP contribution in [0.5, 0.6) is 0 Å². The summed E-state index contributed by atoms with van der Waals surface area (Å²) >= 11 is 0. The van der Waals surface area contributed by atoms with Crippen LogP contribution >= 0.6 is 0 Å². The lowest BCUT2D eigenvalue weighted by molar-refractivity contribution is -0.0919. The number of piperidine rings is 1. The van der Waals surface area contributed by atoms with Gasteiger partial charge in [-0.15, -0.1) is 0 Å². The Kier molecular flexibility index (Phi) is 10.2. The topological polar surface area (TPSA) is 84.6 Å². The van der Waals surface area contributed by atoms with Crippen molar-refractivity contribution < 1.29 is 5.11 Å². The summed E-state index contributed by atoms with van der Waals surface area (Å²) in [6.07, 6.45) is 10.3. The molecule has 2 heterocycles. The third-order valence-corrected chi connectivity index (χ3v) is 7.62. The van der Waals surface area contributed by atoms with Gasteiger partial charge in [0.1, 0.15) is 0 Å². The monoisotopic (exact) mass is 527 g/mol. The predicted octanol–water partition coefficient (Wildman–Crippen LogP) is 6.23. The molecule has 0 amide bonds. The van der Waals surface area contributed by atoms with Gasteiger partial charge < -0.3 is 20.7 Å². The highest BCUT2D eigenvalue weighted by Gasteiger charge is 2.44. The van der Waals surface area contributed by atoms with Crippen LogP contribution in [0.3, 0.4) is 0 Å². The van der Waals surface area contributed by atoms with Crippen LogP contribution in [-0.4, -0.2) is 66.8 Å². The summed E-state index contributed by atoms with van der Waals surface area (Å²) in [4.78, 5) is 11.3. The minimum absolute atomic E-state index is 0.269. The normalized spacial score (nSPS) is 19.8. The van der Waals surface area contributed by atoms with E-state index in [0.29, 0.717) is 30.7 Å². The zero-order valence-electron chi connectivity index (χ0n) is 24.5. The molecule has 0 bridgehead atoms. The number of hydrogen-bond donors (Lipinski definition) is 3. The molecule has 1 aliphatic rings. The molecule has 3 rings (SSSR count). The second-order valence-corrected chi connectivity index (χ2v) is 11.2. The molecule has 0 radical (unpaired) electrons. The van der Waals surface area contributed by atoms with Gasteiger partial charge in [-0.25, -0.2) is 4.98 Å². The van der Waals surface area contributed by atoms with E-state index in [9.17, 15) is 5.11 Å². The number of nitrogens with zero attached hydrogens (tertiary/aromatic N) is 3. The molecule has 0 aliphatic carbocycles. The van der Waals surface area contributed by atoms with E-state index in [1.165, 1.54) is 0 Å². The van der Waals surface area contributed by atoms with Crippen LogP contribution in [0.15, 0.2) is 66.3 Å². The predicted molar refractivity (Wildman–Crippen MR) is 166 cm³/mol. The molecule has 1 aromatic heterocycles. The van der Waals surface area contributed by atoms with Crippen molar-refractivity contribution in [2.24, 2.45) is 10.4 Å². The molecule has 2 aromatic rings. The van der Waals surface area contributed by atoms with E-state index >= 15 is 0 Å². The Morgan fingerprint density at radius 3 is 2.64 bits per heavy atom. The highest BCUT2D eigenvalue weighted by atomic mass is 16.3. The first-order valence-electron chi connectivity index (χ1n) is 13.8. The van der Waals surface area contributed by atoms with Crippen LogP contribution < -0.4 is 5.32 Å². The zero-order valence-corrected chi connectivity index (χ0v) is 24.5. The highest BCUT2D eigenvalue weighted by Crippen LogP contribution is 2.39. The molecule has 0 spiro atoms. The first-order valence-corrected chi connectivity index (χ1v) is 13.8. The van der Waals surface area contributed by atoms with E-state index in [1.807, 2.05) is 55.7 Å².